The van der Waals surface area contributed by atoms with E-state index < -0.39 is 21.7 Å². The third-order valence-electron chi connectivity index (χ3n) is 5.24. The molecule has 4 N–H and O–H groups in total. The van der Waals surface area contributed by atoms with Gasteiger partial charge in [0.25, 0.3) is 0 Å². The summed E-state index contributed by atoms with van der Waals surface area (Å²) in [6.07, 6.45) is -1.20. The molecule has 0 aliphatic heterocycles. The molecule has 0 aliphatic carbocycles. The van der Waals surface area contributed by atoms with Gasteiger partial charge in [-0.15, -0.1) is 0 Å². The van der Waals surface area contributed by atoms with E-state index in [1.165, 1.54) is 12.1 Å². The lowest BCUT2D eigenvalue weighted by Gasteiger charge is -2.14. The van der Waals surface area contributed by atoms with Crippen molar-refractivity contribution in [2.45, 2.75) is 64.5 Å². The summed E-state index contributed by atoms with van der Waals surface area (Å²) in [4.78, 5) is 4.44. The van der Waals surface area contributed by atoms with Crippen LogP contribution in [0.15, 0.2) is 45.7 Å². The highest BCUT2D eigenvalue weighted by molar-refractivity contribution is 7.89. The molecule has 0 saturated carbocycles. The molecule has 1 unspecified atom stereocenters. The van der Waals surface area contributed by atoms with Gasteiger partial charge in [-0.25, -0.2) is 13.4 Å². The van der Waals surface area contributed by atoms with Crippen molar-refractivity contribution in [2.24, 2.45) is 0 Å². The van der Waals surface area contributed by atoms with Gasteiger partial charge in [-0.1, -0.05) is 44.5 Å². The van der Waals surface area contributed by atoms with Crippen LogP contribution in [0, 0.1) is 20.8 Å². The predicted octanol–water partition coefficient (Wildman–Crippen LogP) is 4.04. The Morgan fingerprint density at radius 3 is 2.31 bits per heavy atom. The van der Waals surface area contributed by atoms with Gasteiger partial charge in [0.15, 0.2) is 12.1 Å². The summed E-state index contributed by atoms with van der Waals surface area (Å²) in [5.41, 5.74) is 10.2. The van der Waals surface area contributed by atoms with Crippen molar-refractivity contribution in [3.05, 3.63) is 76.0 Å². The van der Waals surface area contributed by atoms with Crippen molar-refractivity contribution in [3.8, 4) is 0 Å². The molecule has 3 aromatic rings. The average molecular weight is 458 g/mol. The Kier molecular flexibility index (Phi) is 6.51. The Balaban J connectivity index is 2.01. The third-order valence-corrected chi connectivity index (χ3v) is 6.65. The zero-order valence-electron chi connectivity index (χ0n) is 19.4. The highest BCUT2D eigenvalue weighted by atomic mass is 32.2. The first-order valence-corrected chi connectivity index (χ1v) is 11.9. The topological polar surface area (TPSA) is 118 Å². The molecule has 0 radical (unpaired) electrons. The minimum Gasteiger partial charge on any atom is -0.444 e. The van der Waals surface area contributed by atoms with Gasteiger partial charge in [0, 0.05) is 17.5 Å². The second-order valence-corrected chi connectivity index (χ2v) is 10.9. The summed E-state index contributed by atoms with van der Waals surface area (Å²) in [5.74, 6) is 0.847. The van der Waals surface area contributed by atoms with Crippen LogP contribution in [-0.4, -0.2) is 18.5 Å². The van der Waals surface area contributed by atoms with E-state index in [0.717, 1.165) is 22.3 Å². The molecular weight excluding hydrogens is 426 g/mol. The van der Waals surface area contributed by atoms with Crippen LogP contribution in [0.25, 0.3) is 0 Å². The molecule has 0 saturated heterocycles. The van der Waals surface area contributed by atoms with Crippen molar-refractivity contribution in [1.82, 2.24) is 9.71 Å². The number of rotatable bonds is 6. The van der Waals surface area contributed by atoms with E-state index in [1.54, 1.807) is 12.1 Å². The van der Waals surface area contributed by atoms with Crippen LogP contribution in [0.2, 0.25) is 0 Å². The van der Waals surface area contributed by atoms with Crippen molar-refractivity contribution >= 4 is 15.7 Å². The maximum atomic E-state index is 12.8. The van der Waals surface area contributed by atoms with Gasteiger partial charge in [0.2, 0.25) is 10.0 Å². The lowest BCUT2D eigenvalue weighted by atomic mass is 9.96. The normalized spacial score (nSPS) is 13.3. The number of aryl methyl sites for hydroxylation is 3. The summed E-state index contributed by atoms with van der Waals surface area (Å²) in [6.45, 7) is 11.9. The Hall–Kier alpha value is -2.68. The first-order chi connectivity index (χ1) is 14.8. The van der Waals surface area contributed by atoms with Crippen molar-refractivity contribution in [2.75, 3.05) is 5.73 Å². The van der Waals surface area contributed by atoms with Crippen LogP contribution in [0.1, 0.15) is 66.6 Å². The molecule has 8 heteroatoms. The summed E-state index contributed by atoms with van der Waals surface area (Å²) >= 11 is 0. The SMILES string of the molecule is Cc1cc(C)c(Cc2oc(C(C)(C)C)nc2C(O)NS(=O)(=O)c2cccc(N)c2)c(C)c1. The number of aromatic nitrogens is 1. The minimum absolute atomic E-state index is 0.0390. The Labute approximate surface area is 189 Å². The molecule has 172 valence electrons. The number of benzene rings is 2. The van der Waals surface area contributed by atoms with E-state index in [2.05, 4.69) is 21.8 Å². The van der Waals surface area contributed by atoms with E-state index in [0.29, 0.717) is 23.8 Å². The largest absolute Gasteiger partial charge is 0.444 e. The lowest BCUT2D eigenvalue weighted by Crippen LogP contribution is -2.29. The van der Waals surface area contributed by atoms with Crippen LogP contribution in [0.4, 0.5) is 5.69 Å². The van der Waals surface area contributed by atoms with Gasteiger partial charge >= 0.3 is 0 Å². The fourth-order valence-electron chi connectivity index (χ4n) is 3.63. The fourth-order valence-corrected chi connectivity index (χ4v) is 4.72. The highest BCUT2D eigenvalue weighted by Crippen LogP contribution is 2.30. The van der Waals surface area contributed by atoms with Crippen LogP contribution in [0.3, 0.4) is 0 Å². The zero-order valence-corrected chi connectivity index (χ0v) is 20.2. The molecular formula is C24H31N3O4S. The zero-order chi connectivity index (χ0) is 23.8. The van der Waals surface area contributed by atoms with Gasteiger partial charge in [-0.2, -0.15) is 4.72 Å². The molecule has 2 aromatic carbocycles. The Bertz CT molecular complexity index is 1220. The maximum absolute atomic E-state index is 12.8. The molecule has 32 heavy (non-hydrogen) atoms. The van der Waals surface area contributed by atoms with Gasteiger partial charge < -0.3 is 15.3 Å². The number of nitrogen functional groups attached to an aromatic ring is 1. The Morgan fingerprint density at radius 2 is 1.75 bits per heavy atom. The molecule has 3 rings (SSSR count). The molecule has 0 spiro atoms. The maximum Gasteiger partial charge on any atom is 0.243 e. The summed E-state index contributed by atoms with van der Waals surface area (Å²) < 4.78 is 34.0. The first-order valence-electron chi connectivity index (χ1n) is 10.4. The number of aliphatic hydroxyl groups is 1. The van der Waals surface area contributed by atoms with Crippen LogP contribution in [0.5, 0.6) is 0 Å². The molecule has 1 atom stereocenters. The lowest BCUT2D eigenvalue weighted by molar-refractivity contribution is 0.160. The highest BCUT2D eigenvalue weighted by Gasteiger charge is 2.30. The number of hydrogen-bond acceptors (Lipinski definition) is 6. The molecule has 1 aromatic heterocycles. The number of hydrogen-bond donors (Lipinski definition) is 3. The Morgan fingerprint density at radius 1 is 1.12 bits per heavy atom. The minimum atomic E-state index is -4.03. The fraction of sp³-hybridized carbons (Fsp3) is 0.375. The monoisotopic (exact) mass is 457 g/mol. The van der Waals surface area contributed by atoms with Gasteiger partial charge in [-0.05, 0) is 55.7 Å². The molecule has 0 fully saturated rings. The van der Waals surface area contributed by atoms with Gasteiger partial charge in [-0.3, -0.25) is 0 Å². The van der Waals surface area contributed by atoms with Crippen molar-refractivity contribution in [1.29, 1.82) is 0 Å². The van der Waals surface area contributed by atoms with E-state index in [1.807, 2.05) is 41.5 Å². The number of oxazole rings is 1. The molecule has 0 amide bonds. The second-order valence-electron chi connectivity index (χ2n) is 9.23. The first kappa shape index (κ1) is 24.0. The van der Waals surface area contributed by atoms with Gasteiger partial charge in [0.05, 0.1) is 4.90 Å². The smallest absolute Gasteiger partial charge is 0.243 e. The summed E-state index contributed by atoms with van der Waals surface area (Å²) in [7, 11) is -4.03. The molecule has 0 aliphatic rings. The van der Waals surface area contributed by atoms with E-state index in [-0.39, 0.29) is 10.6 Å². The quantitative estimate of drug-likeness (QED) is 0.380. The number of nitrogens with one attached hydrogen (secondary N) is 1. The molecule has 7 nitrogen and oxygen atoms in total. The van der Waals surface area contributed by atoms with E-state index in [9.17, 15) is 13.5 Å². The molecule has 0 bridgehead atoms. The number of aliphatic hydroxyl groups excluding tert-OH is 1. The predicted molar refractivity (Wildman–Crippen MR) is 125 cm³/mol. The number of nitrogens with zero attached hydrogens (tertiary/aromatic N) is 1. The van der Waals surface area contributed by atoms with Crippen LogP contribution < -0.4 is 10.5 Å². The van der Waals surface area contributed by atoms with Crippen molar-refractivity contribution in [3.63, 3.8) is 0 Å². The number of sulfonamides is 1. The summed E-state index contributed by atoms with van der Waals surface area (Å²) in [6, 6.07) is 10.0. The average Bonchev–Trinajstić information content (AvgIpc) is 3.09. The van der Waals surface area contributed by atoms with Gasteiger partial charge in [0.1, 0.15) is 11.5 Å². The van der Waals surface area contributed by atoms with Crippen LogP contribution in [-0.2, 0) is 21.9 Å². The molecule has 1 heterocycles. The number of anilines is 1. The van der Waals surface area contributed by atoms with E-state index in [4.69, 9.17) is 10.2 Å². The standard InChI is InChI=1S/C24H31N3O4S/c1-14-10-15(2)19(16(3)11-14)13-20-21(26-23(31-20)24(4,5)6)22(28)27-32(29,30)18-9-7-8-17(25)12-18/h7-12,22,27-28H,13,25H2,1-6H3. The van der Waals surface area contributed by atoms with Crippen LogP contribution >= 0.6 is 0 Å². The van der Waals surface area contributed by atoms with Crippen molar-refractivity contribution < 1.29 is 17.9 Å². The van der Waals surface area contributed by atoms with E-state index >= 15 is 0 Å². The second kappa shape index (κ2) is 8.69. The summed E-state index contributed by atoms with van der Waals surface area (Å²) in [5, 5.41) is 10.9. The number of nitrogens with two attached hydrogens (primary N) is 1. The third kappa shape index (κ3) is 5.20.